The molecular formula is C15H22ClN. The van der Waals surface area contributed by atoms with Gasteiger partial charge < -0.3 is 5.32 Å². The van der Waals surface area contributed by atoms with Crippen LogP contribution in [0.3, 0.4) is 0 Å². The van der Waals surface area contributed by atoms with Gasteiger partial charge in [0.25, 0.3) is 0 Å². The molecule has 0 bridgehead atoms. The fourth-order valence-corrected chi connectivity index (χ4v) is 3.38. The number of nitrogens with one attached hydrogen (secondary N) is 1. The van der Waals surface area contributed by atoms with E-state index in [4.69, 9.17) is 11.6 Å². The highest BCUT2D eigenvalue weighted by molar-refractivity contribution is 6.31. The Bertz CT molecular complexity index is 364. The van der Waals surface area contributed by atoms with Crippen molar-refractivity contribution < 1.29 is 0 Å². The Balaban J connectivity index is 2.22. The molecule has 1 fully saturated rings. The molecule has 0 aromatic heterocycles. The molecule has 0 heterocycles. The zero-order valence-corrected chi connectivity index (χ0v) is 11.5. The summed E-state index contributed by atoms with van der Waals surface area (Å²) in [5, 5.41) is 4.27. The SMILES string of the molecule is CNCC1CCC(C)CC1c1ccccc1Cl. The van der Waals surface area contributed by atoms with Crippen LogP contribution >= 0.6 is 11.6 Å². The second-order valence-electron chi connectivity index (χ2n) is 5.36. The Morgan fingerprint density at radius 3 is 2.76 bits per heavy atom. The van der Waals surface area contributed by atoms with Crippen LogP contribution in [0.1, 0.15) is 37.7 Å². The maximum absolute atomic E-state index is 6.35. The highest BCUT2D eigenvalue weighted by Gasteiger charge is 2.30. The van der Waals surface area contributed by atoms with Crippen molar-refractivity contribution in [1.82, 2.24) is 5.32 Å². The summed E-state index contributed by atoms with van der Waals surface area (Å²) in [6, 6.07) is 8.35. The first-order chi connectivity index (χ1) is 8.22. The molecule has 1 aliphatic rings. The summed E-state index contributed by atoms with van der Waals surface area (Å²) in [5.74, 6) is 2.18. The molecule has 0 saturated heterocycles. The fraction of sp³-hybridized carbons (Fsp3) is 0.600. The lowest BCUT2D eigenvalue weighted by Crippen LogP contribution is -2.30. The van der Waals surface area contributed by atoms with Crippen molar-refractivity contribution in [3.63, 3.8) is 0 Å². The Morgan fingerprint density at radius 2 is 2.06 bits per heavy atom. The molecule has 1 aromatic carbocycles. The predicted octanol–water partition coefficient (Wildman–Crippen LogP) is 4.08. The first kappa shape index (κ1) is 12.9. The van der Waals surface area contributed by atoms with Gasteiger partial charge in [-0.15, -0.1) is 0 Å². The third kappa shape index (κ3) is 3.02. The minimum atomic E-state index is 0.625. The third-order valence-corrected chi connectivity index (χ3v) is 4.37. The van der Waals surface area contributed by atoms with Crippen molar-refractivity contribution in [3.05, 3.63) is 34.9 Å². The van der Waals surface area contributed by atoms with E-state index in [1.165, 1.54) is 24.8 Å². The molecule has 0 aliphatic heterocycles. The average molecular weight is 252 g/mol. The monoisotopic (exact) mass is 251 g/mol. The quantitative estimate of drug-likeness (QED) is 0.854. The second kappa shape index (κ2) is 5.88. The number of hydrogen-bond donors (Lipinski definition) is 1. The molecule has 1 aliphatic carbocycles. The van der Waals surface area contributed by atoms with E-state index in [0.717, 1.165) is 23.4 Å². The van der Waals surface area contributed by atoms with E-state index in [0.29, 0.717) is 5.92 Å². The normalized spacial score (nSPS) is 29.2. The second-order valence-corrected chi connectivity index (χ2v) is 5.77. The average Bonchev–Trinajstić information content (AvgIpc) is 2.32. The Morgan fingerprint density at radius 1 is 1.29 bits per heavy atom. The molecule has 0 amide bonds. The first-order valence-electron chi connectivity index (χ1n) is 6.61. The van der Waals surface area contributed by atoms with Gasteiger partial charge in [0.2, 0.25) is 0 Å². The number of rotatable bonds is 3. The predicted molar refractivity (Wildman–Crippen MR) is 74.6 cm³/mol. The molecule has 2 rings (SSSR count). The fourth-order valence-electron chi connectivity index (χ4n) is 3.11. The van der Waals surface area contributed by atoms with Crippen LogP contribution in [0.5, 0.6) is 0 Å². The summed E-state index contributed by atoms with van der Waals surface area (Å²) >= 11 is 6.35. The van der Waals surface area contributed by atoms with Crippen LogP contribution in [0.25, 0.3) is 0 Å². The maximum atomic E-state index is 6.35. The zero-order chi connectivity index (χ0) is 12.3. The summed E-state index contributed by atoms with van der Waals surface area (Å²) in [5.41, 5.74) is 1.35. The molecule has 1 saturated carbocycles. The molecule has 17 heavy (non-hydrogen) atoms. The van der Waals surface area contributed by atoms with Gasteiger partial charge in [-0.25, -0.2) is 0 Å². The molecule has 3 unspecified atom stereocenters. The number of hydrogen-bond acceptors (Lipinski definition) is 1. The van der Waals surface area contributed by atoms with Crippen LogP contribution in [0.2, 0.25) is 5.02 Å². The first-order valence-corrected chi connectivity index (χ1v) is 6.99. The largest absolute Gasteiger partial charge is 0.319 e. The lowest BCUT2D eigenvalue weighted by molar-refractivity contribution is 0.245. The van der Waals surface area contributed by atoms with Crippen molar-refractivity contribution in [2.24, 2.45) is 11.8 Å². The molecule has 1 aromatic rings. The summed E-state index contributed by atoms with van der Waals surface area (Å²) in [6.45, 7) is 3.46. The molecule has 1 N–H and O–H groups in total. The number of halogens is 1. The lowest BCUT2D eigenvalue weighted by Gasteiger charge is -2.35. The van der Waals surface area contributed by atoms with Gasteiger partial charge in [0.1, 0.15) is 0 Å². The van der Waals surface area contributed by atoms with Crippen molar-refractivity contribution in [3.8, 4) is 0 Å². The van der Waals surface area contributed by atoms with Crippen LogP contribution in [0.15, 0.2) is 24.3 Å². The maximum Gasteiger partial charge on any atom is 0.0440 e. The van der Waals surface area contributed by atoms with Gasteiger partial charge in [0, 0.05) is 5.02 Å². The third-order valence-electron chi connectivity index (χ3n) is 4.03. The Kier molecular flexibility index (Phi) is 4.47. The molecule has 0 radical (unpaired) electrons. The number of benzene rings is 1. The van der Waals surface area contributed by atoms with E-state index in [9.17, 15) is 0 Å². The van der Waals surface area contributed by atoms with Crippen molar-refractivity contribution >= 4 is 11.6 Å². The summed E-state index contributed by atoms with van der Waals surface area (Å²) < 4.78 is 0. The van der Waals surface area contributed by atoms with E-state index in [-0.39, 0.29) is 0 Å². The molecule has 2 heteroatoms. The highest BCUT2D eigenvalue weighted by Crippen LogP contribution is 2.42. The minimum Gasteiger partial charge on any atom is -0.319 e. The topological polar surface area (TPSA) is 12.0 Å². The molecule has 3 atom stereocenters. The van der Waals surface area contributed by atoms with Gasteiger partial charge in [0.05, 0.1) is 0 Å². The van der Waals surface area contributed by atoms with Crippen LogP contribution in [0, 0.1) is 11.8 Å². The lowest BCUT2D eigenvalue weighted by atomic mass is 9.71. The van der Waals surface area contributed by atoms with Crippen molar-refractivity contribution in [2.45, 2.75) is 32.1 Å². The van der Waals surface area contributed by atoms with E-state index in [1.54, 1.807) is 0 Å². The molecule has 0 spiro atoms. The van der Waals surface area contributed by atoms with E-state index in [1.807, 2.05) is 19.2 Å². The van der Waals surface area contributed by atoms with Crippen LogP contribution < -0.4 is 5.32 Å². The van der Waals surface area contributed by atoms with Gasteiger partial charge in [-0.1, -0.05) is 43.1 Å². The molecule has 1 nitrogen and oxygen atoms in total. The van der Waals surface area contributed by atoms with Crippen LogP contribution in [-0.4, -0.2) is 13.6 Å². The minimum absolute atomic E-state index is 0.625. The zero-order valence-electron chi connectivity index (χ0n) is 10.7. The van der Waals surface area contributed by atoms with Gasteiger partial charge in [-0.05, 0) is 55.8 Å². The Hall–Kier alpha value is -0.530. The molecular weight excluding hydrogens is 230 g/mol. The summed E-state index contributed by atoms with van der Waals surface area (Å²) in [6.07, 6.45) is 3.95. The summed E-state index contributed by atoms with van der Waals surface area (Å²) in [7, 11) is 2.04. The highest BCUT2D eigenvalue weighted by atomic mass is 35.5. The van der Waals surface area contributed by atoms with Gasteiger partial charge in [-0.2, -0.15) is 0 Å². The Labute approximate surface area is 110 Å². The van der Waals surface area contributed by atoms with Gasteiger partial charge in [0.15, 0.2) is 0 Å². The molecule has 94 valence electrons. The van der Waals surface area contributed by atoms with E-state index < -0.39 is 0 Å². The van der Waals surface area contributed by atoms with Crippen molar-refractivity contribution in [2.75, 3.05) is 13.6 Å². The van der Waals surface area contributed by atoms with Gasteiger partial charge >= 0.3 is 0 Å². The van der Waals surface area contributed by atoms with Crippen LogP contribution in [-0.2, 0) is 0 Å². The van der Waals surface area contributed by atoms with Crippen molar-refractivity contribution in [1.29, 1.82) is 0 Å². The summed E-state index contributed by atoms with van der Waals surface area (Å²) in [4.78, 5) is 0. The smallest absolute Gasteiger partial charge is 0.0440 e. The van der Waals surface area contributed by atoms with Crippen LogP contribution in [0.4, 0.5) is 0 Å². The standard InChI is InChI=1S/C15H22ClN/c1-11-7-8-12(10-17-2)14(9-11)13-5-3-4-6-15(13)16/h3-6,11-12,14,17H,7-10H2,1-2H3. The van der Waals surface area contributed by atoms with E-state index in [2.05, 4.69) is 24.4 Å². The van der Waals surface area contributed by atoms with E-state index >= 15 is 0 Å². The van der Waals surface area contributed by atoms with Gasteiger partial charge in [-0.3, -0.25) is 0 Å².